The molecular formula is C19H21N3O4S. The molecule has 0 radical (unpaired) electrons. The Labute approximate surface area is 158 Å². The van der Waals surface area contributed by atoms with E-state index in [2.05, 4.69) is 14.9 Å². The summed E-state index contributed by atoms with van der Waals surface area (Å²) < 4.78 is 38.2. The largest absolute Gasteiger partial charge is 0.497 e. The second-order valence-corrected chi connectivity index (χ2v) is 7.88. The Balaban J connectivity index is 1.63. The molecule has 27 heavy (non-hydrogen) atoms. The van der Waals surface area contributed by atoms with Gasteiger partial charge in [-0.15, -0.1) is 10.2 Å². The topological polar surface area (TPSA) is 94.3 Å². The molecule has 0 bridgehead atoms. The Morgan fingerprint density at radius 3 is 2.48 bits per heavy atom. The lowest BCUT2D eigenvalue weighted by atomic mass is 10.2. The summed E-state index contributed by atoms with van der Waals surface area (Å²) in [4.78, 5) is 0.276. The summed E-state index contributed by atoms with van der Waals surface area (Å²) in [5.41, 5.74) is 2.50. The van der Waals surface area contributed by atoms with Crippen LogP contribution in [-0.4, -0.2) is 32.3 Å². The van der Waals surface area contributed by atoms with Crippen LogP contribution >= 0.6 is 0 Å². The predicted molar refractivity (Wildman–Crippen MR) is 101 cm³/mol. The van der Waals surface area contributed by atoms with E-state index < -0.39 is 10.0 Å². The molecule has 2 aromatic carbocycles. The summed E-state index contributed by atoms with van der Waals surface area (Å²) in [6.07, 6.45) is 0.299. The van der Waals surface area contributed by atoms with Crippen LogP contribution in [0.5, 0.6) is 5.75 Å². The normalized spacial score (nSPS) is 11.5. The number of nitrogens with zero attached hydrogens (tertiary/aromatic N) is 2. The van der Waals surface area contributed by atoms with E-state index in [0.29, 0.717) is 23.8 Å². The van der Waals surface area contributed by atoms with Crippen LogP contribution in [-0.2, 0) is 16.4 Å². The third kappa shape index (κ3) is 4.53. The third-order valence-corrected chi connectivity index (χ3v) is 5.68. The number of aromatic nitrogens is 2. The zero-order valence-electron chi connectivity index (χ0n) is 15.4. The van der Waals surface area contributed by atoms with Crippen molar-refractivity contribution in [1.82, 2.24) is 14.9 Å². The van der Waals surface area contributed by atoms with Gasteiger partial charge in [0.2, 0.25) is 21.8 Å². The van der Waals surface area contributed by atoms with Crippen LogP contribution in [0.25, 0.3) is 11.5 Å². The summed E-state index contributed by atoms with van der Waals surface area (Å²) in [7, 11) is -1.99. The van der Waals surface area contributed by atoms with Crippen molar-refractivity contribution in [2.24, 2.45) is 0 Å². The highest BCUT2D eigenvalue weighted by molar-refractivity contribution is 7.89. The highest BCUT2D eigenvalue weighted by atomic mass is 32.2. The molecule has 0 aliphatic carbocycles. The van der Waals surface area contributed by atoms with Crippen molar-refractivity contribution in [3.8, 4) is 17.2 Å². The van der Waals surface area contributed by atoms with Crippen molar-refractivity contribution in [1.29, 1.82) is 0 Å². The monoisotopic (exact) mass is 387 g/mol. The van der Waals surface area contributed by atoms with Gasteiger partial charge in [-0.3, -0.25) is 0 Å². The number of nitrogens with one attached hydrogen (secondary N) is 1. The molecule has 1 N–H and O–H groups in total. The van der Waals surface area contributed by atoms with E-state index >= 15 is 0 Å². The van der Waals surface area contributed by atoms with Crippen LogP contribution in [0.2, 0.25) is 0 Å². The van der Waals surface area contributed by atoms with Crippen LogP contribution in [0.4, 0.5) is 0 Å². The number of aryl methyl sites for hydroxylation is 2. The van der Waals surface area contributed by atoms with Crippen LogP contribution in [0.3, 0.4) is 0 Å². The fourth-order valence-corrected chi connectivity index (χ4v) is 3.93. The summed E-state index contributed by atoms with van der Waals surface area (Å²) in [6.45, 7) is 3.87. The molecule has 0 aliphatic heterocycles. The Bertz CT molecular complexity index is 1030. The number of ether oxygens (including phenoxy) is 1. The molecule has 0 spiro atoms. The quantitative estimate of drug-likeness (QED) is 0.670. The van der Waals surface area contributed by atoms with E-state index in [1.165, 1.54) is 0 Å². The number of hydrogen-bond acceptors (Lipinski definition) is 6. The first kappa shape index (κ1) is 19.1. The maximum Gasteiger partial charge on any atom is 0.247 e. The highest BCUT2D eigenvalue weighted by Gasteiger charge is 2.17. The number of benzene rings is 2. The molecule has 7 nitrogen and oxygen atoms in total. The van der Waals surface area contributed by atoms with Gasteiger partial charge in [-0.1, -0.05) is 17.7 Å². The third-order valence-electron chi connectivity index (χ3n) is 4.05. The number of sulfonamides is 1. The fourth-order valence-electron chi connectivity index (χ4n) is 2.68. The lowest BCUT2D eigenvalue weighted by Crippen LogP contribution is -2.26. The van der Waals surface area contributed by atoms with Gasteiger partial charge in [-0.2, -0.15) is 0 Å². The summed E-state index contributed by atoms with van der Waals surface area (Å²) in [6, 6.07) is 12.5. The van der Waals surface area contributed by atoms with Crippen molar-refractivity contribution in [3.05, 3.63) is 59.5 Å². The zero-order chi connectivity index (χ0) is 19.4. The maximum absolute atomic E-state index is 12.5. The minimum Gasteiger partial charge on any atom is -0.497 e. The Hall–Kier alpha value is -2.71. The van der Waals surface area contributed by atoms with Gasteiger partial charge in [-0.05, 0) is 49.7 Å². The molecule has 1 heterocycles. The Morgan fingerprint density at radius 1 is 1.07 bits per heavy atom. The van der Waals surface area contributed by atoms with E-state index in [9.17, 15) is 8.42 Å². The maximum atomic E-state index is 12.5. The number of methoxy groups -OCH3 is 1. The Morgan fingerprint density at radius 2 is 1.81 bits per heavy atom. The fraction of sp³-hybridized carbons (Fsp3) is 0.263. The molecule has 0 amide bonds. The van der Waals surface area contributed by atoms with Crippen molar-refractivity contribution in [2.45, 2.75) is 25.2 Å². The van der Waals surface area contributed by atoms with E-state index in [1.54, 1.807) is 38.3 Å². The first-order valence-corrected chi connectivity index (χ1v) is 9.91. The van der Waals surface area contributed by atoms with Gasteiger partial charge in [-0.25, -0.2) is 13.1 Å². The van der Waals surface area contributed by atoms with Gasteiger partial charge < -0.3 is 9.15 Å². The van der Waals surface area contributed by atoms with Crippen molar-refractivity contribution in [2.75, 3.05) is 13.7 Å². The predicted octanol–water partition coefficient (Wildman–Crippen LogP) is 2.88. The van der Waals surface area contributed by atoms with E-state index in [4.69, 9.17) is 9.15 Å². The van der Waals surface area contributed by atoms with Crippen molar-refractivity contribution < 1.29 is 17.6 Å². The molecule has 0 saturated heterocycles. The minimum absolute atomic E-state index is 0.167. The molecule has 3 aromatic rings. The molecule has 0 unspecified atom stereocenters. The number of hydrogen-bond donors (Lipinski definition) is 1. The molecule has 8 heteroatoms. The molecule has 0 aliphatic rings. The minimum atomic E-state index is -3.58. The Kier molecular flexibility index (Phi) is 5.57. The second kappa shape index (κ2) is 7.89. The average molecular weight is 387 g/mol. The molecule has 3 rings (SSSR count). The summed E-state index contributed by atoms with van der Waals surface area (Å²) >= 11 is 0. The first-order valence-electron chi connectivity index (χ1n) is 8.43. The van der Waals surface area contributed by atoms with E-state index in [0.717, 1.165) is 16.9 Å². The summed E-state index contributed by atoms with van der Waals surface area (Å²) in [5, 5.41) is 7.98. The van der Waals surface area contributed by atoms with Gasteiger partial charge in [0.05, 0.1) is 12.0 Å². The molecule has 0 saturated carbocycles. The number of rotatable bonds is 7. The SMILES string of the molecule is COc1ccc(-c2nnc(CCNS(=O)(=O)c3ccc(C)cc3C)o2)cc1. The molecular weight excluding hydrogens is 366 g/mol. The van der Waals surface area contributed by atoms with Crippen LogP contribution < -0.4 is 9.46 Å². The highest BCUT2D eigenvalue weighted by Crippen LogP contribution is 2.21. The van der Waals surface area contributed by atoms with Crippen molar-refractivity contribution >= 4 is 10.0 Å². The lowest BCUT2D eigenvalue weighted by molar-refractivity contribution is 0.415. The second-order valence-electron chi connectivity index (χ2n) is 6.15. The molecule has 1 aromatic heterocycles. The van der Waals surface area contributed by atoms with Crippen LogP contribution in [0, 0.1) is 13.8 Å². The standard InChI is InChI=1S/C19H21N3O4S/c1-13-4-9-17(14(2)12-13)27(23,24)20-11-10-18-21-22-19(26-18)15-5-7-16(25-3)8-6-15/h4-9,12,20H,10-11H2,1-3H3. The molecule has 142 valence electrons. The van der Waals surface area contributed by atoms with Gasteiger partial charge in [0.25, 0.3) is 0 Å². The molecule has 0 atom stereocenters. The summed E-state index contributed by atoms with van der Waals surface area (Å²) in [5.74, 6) is 1.48. The van der Waals surface area contributed by atoms with Gasteiger partial charge in [0, 0.05) is 18.5 Å². The molecule has 0 fully saturated rings. The van der Waals surface area contributed by atoms with Crippen LogP contribution in [0.15, 0.2) is 51.8 Å². The van der Waals surface area contributed by atoms with Crippen LogP contribution in [0.1, 0.15) is 17.0 Å². The smallest absolute Gasteiger partial charge is 0.247 e. The lowest BCUT2D eigenvalue weighted by Gasteiger charge is -2.09. The van der Waals surface area contributed by atoms with Gasteiger partial charge in [0.1, 0.15) is 5.75 Å². The van der Waals surface area contributed by atoms with Crippen molar-refractivity contribution in [3.63, 3.8) is 0 Å². The average Bonchev–Trinajstić information content (AvgIpc) is 3.10. The van der Waals surface area contributed by atoms with Gasteiger partial charge >= 0.3 is 0 Å². The first-order chi connectivity index (χ1) is 12.9. The van der Waals surface area contributed by atoms with Gasteiger partial charge in [0.15, 0.2) is 0 Å². The van der Waals surface area contributed by atoms with E-state index in [1.807, 2.05) is 25.1 Å². The van der Waals surface area contributed by atoms with E-state index in [-0.39, 0.29) is 11.4 Å². The zero-order valence-corrected chi connectivity index (χ0v) is 16.2.